The lowest BCUT2D eigenvalue weighted by Gasteiger charge is -2.26. The van der Waals surface area contributed by atoms with Crippen molar-refractivity contribution in [2.75, 3.05) is 31.6 Å². The minimum atomic E-state index is -0.0550. The van der Waals surface area contributed by atoms with Crippen LogP contribution in [-0.2, 0) is 4.74 Å². The standard InChI is InChI=1S/C13H20N4O2/c1-9(2)14-12-8-11(15-10(3)16-12)13(18)17-4-6-19-7-5-17/h8-9H,4-7H2,1-3H3,(H,14,15,16). The third kappa shape index (κ3) is 3.64. The largest absolute Gasteiger partial charge is 0.378 e. The van der Waals surface area contributed by atoms with Crippen LogP contribution in [0.15, 0.2) is 6.07 Å². The Balaban J connectivity index is 2.18. The van der Waals surface area contributed by atoms with Crippen LogP contribution < -0.4 is 5.32 Å². The summed E-state index contributed by atoms with van der Waals surface area (Å²) in [6, 6.07) is 1.98. The Morgan fingerprint density at radius 2 is 2.05 bits per heavy atom. The fourth-order valence-corrected chi connectivity index (χ4v) is 1.98. The van der Waals surface area contributed by atoms with Gasteiger partial charge in [0, 0.05) is 25.2 Å². The van der Waals surface area contributed by atoms with Crippen molar-refractivity contribution in [3.05, 3.63) is 17.6 Å². The van der Waals surface area contributed by atoms with Crippen LogP contribution in [0, 0.1) is 6.92 Å². The van der Waals surface area contributed by atoms with Crippen LogP contribution in [0.5, 0.6) is 0 Å². The molecule has 0 aromatic carbocycles. The summed E-state index contributed by atoms with van der Waals surface area (Å²) < 4.78 is 5.25. The molecular formula is C13H20N4O2. The smallest absolute Gasteiger partial charge is 0.272 e. The molecule has 0 radical (unpaired) electrons. The number of carbonyl (C=O) groups is 1. The van der Waals surface area contributed by atoms with Gasteiger partial charge < -0.3 is 15.0 Å². The van der Waals surface area contributed by atoms with E-state index in [0.717, 1.165) is 0 Å². The van der Waals surface area contributed by atoms with E-state index in [9.17, 15) is 4.79 Å². The number of hydrogen-bond donors (Lipinski definition) is 1. The van der Waals surface area contributed by atoms with Crippen LogP contribution in [0.3, 0.4) is 0 Å². The Kier molecular flexibility index (Phi) is 4.31. The van der Waals surface area contributed by atoms with Gasteiger partial charge in [0.25, 0.3) is 5.91 Å². The predicted octanol–water partition coefficient (Wildman–Crippen LogP) is 1.08. The number of aromatic nitrogens is 2. The number of amides is 1. The van der Waals surface area contributed by atoms with Crippen molar-refractivity contribution < 1.29 is 9.53 Å². The number of nitrogens with one attached hydrogen (secondary N) is 1. The summed E-state index contributed by atoms with van der Waals surface area (Å²) in [5, 5.41) is 3.20. The molecule has 2 rings (SSSR count). The van der Waals surface area contributed by atoms with E-state index in [4.69, 9.17) is 4.74 Å². The molecule has 0 bridgehead atoms. The summed E-state index contributed by atoms with van der Waals surface area (Å²) in [6.07, 6.45) is 0. The first-order valence-corrected chi connectivity index (χ1v) is 6.55. The maximum Gasteiger partial charge on any atom is 0.272 e. The lowest BCUT2D eigenvalue weighted by molar-refractivity contribution is 0.0299. The molecule has 1 amide bonds. The highest BCUT2D eigenvalue weighted by Gasteiger charge is 2.20. The quantitative estimate of drug-likeness (QED) is 0.884. The van der Waals surface area contributed by atoms with Gasteiger partial charge in [0.1, 0.15) is 17.3 Å². The Morgan fingerprint density at radius 1 is 1.37 bits per heavy atom. The van der Waals surface area contributed by atoms with E-state index in [1.807, 2.05) is 13.8 Å². The van der Waals surface area contributed by atoms with Crippen molar-refractivity contribution in [2.45, 2.75) is 26.8 Å². The van der Waals surface area contributed by atoms with Gasteiger partial charge in [-0.3, -0.25) is 4.79 Å². The molecule has 0 atom stereocenters. The summed E-state index contributed by atoms with van der Waals surface area (Å²) >= 11 is 0. The zero-order valence-electron chi connectivity index (χ0n) is 11.6. The molecule has 1 saturated heterocycles. The van der Waals surface area contributed by atoms with Crippen molar-refractivity contribution >= 4 is 11.7 Å². The van der Waals surface area contributed by atoms with Crippen LogP contribution in [0.4, 0.5) is 5.82 Å². The van der Waals surface area contributed by atoms with Crippen LogP contribution in [0.2, 0.25) is 0 Å². The molecule has 0 spiro atoms. The number of anilines is 1. The van der Waals surface area contributed by atoms with E-state index in [2.05, 4.69) is 15.3 Å². The Labute approximate surface area is 113 Å². The Morgan fingerprint density at radius 3 is 2.68 bits per heavy atom. The predicted molar refractivity (Wildman–Crippen MR) is 72.3 cm³/mol. The summed E-state index contributed by atoms with van der Waals surface area (Å²) in [6.45, 7) is 8.27. The number of hydrogen-bond acceptors (Lipinski definition) is 5. The molecule has 6 heteroatoms. The first-order valence-electron chi connectivity index (χ1n) is 6.55. The number of carbonyl (C=O) groups excluding carboxylic acids is 1. The molecule has 1 fully saturated rings. The molecule has 2 heterocycles. The number of ether oxygens (including phenoxy) is 1. The molecule has 1 aromatic rings. The van der Waals surface area contributed by atoms with Crippen LogP contribution in [-0.4, -0.2) is 53.1 Å². The van der Waals surface area contributed by atoms with Gasteiger partial charge in [-0.25, -0.2) is 9.97 Å². The molecule has 0 aliphatic carbocycles. The highest BCUT2D eigenvalue weighted by Crippen LogP contribution is 2.11. The van der Waals surface area contributed by atoms with Gasteiger partial charge in [-0.1, -0.05) is 0 Å². The average Bonchev–Trinajstić information content (AvgIpc) is 2.37. The van der Waals surface area contributed by atoms with Crippen molar-refractivity contribution in [3.63, 3.8) is 0 Å². The van der Waals surface area contributed by atoms with Gasteiger partial charge >= 0.3 is 0 Å². The molecule has 104 valence electrons. The lowest BCUT2D eigenvalue weighted by atomic mass is 10.3. The second-order valence-electron chi connectivity index (χ2n) is 4.89. The van der Waals surface area contributed by atoms with Crippen LogP contribution in [0.25, 0.3) is 0 Å². The minimum Gasteiger partial charge on any atom is -0.378 e. The summed E-state index contributed by atoms with van der Waals surface area (Å²) in [5.41, 5.74) is 0.442. The van der Waals surface area contributed by atoms with Gasteiger partial charge in [-0.15, -0.1) is 0 Å². The van der Waals surface area contributed by atoms with E-state index in [1.54, 1.807) is 17.9 Å². The van der Waals surface area contributed by atoms with E-state index in [1.165, 1.54) is 0 Å². The second-order valence-corrected chi connectivity index (χ2v) is 4.89. The van der Waals surface area contributed by atoms with Crippen molar-refractivity contribution in [2.24, 2.45) is 0 Å². The molecule has 1 aliphatic rings. The summed E-state index contributed by atoms with van der Waals surface area (Å²) in [7, 11) is 0. The Hall–Kier alpha value is -1.69. The van der Waals surface area contributed by atoms with Crippen molar-refractivity contribution in [1.82, 2.24) is 14.9 Å². The first-order chi connectivity index (χ1) is 9.06. The van der Waals surface area contributed by atoms with Crippen molar-refractivity contribution in [3.8, 4) is 0 Å². The maximum atomic E-state index is 12.3. The molecule has 0 saturated carbocycles. The van der Waals surface area contributed by atoms with E-state index in [-0.39, 0.29) is 11.9 Å². The monoisotopic (exact) mass is 264 g/mol. The zero-order chi connectivity index (χ0) is 13.8. The molecule has 1 N–H and O–H groups in total. The van der Waals surface area contributed by atoms with Gasteiger partial charge in [0.05, 0.1) is 13.2 Å². The topological polar surface area (TPSA) is 67.4 Å². The molecule has 19 heavy (non-hydrogen) atoms. The molecule has 6 nitrogen and oxygen atoms in total. The van der Waals surface area contributed by atoms with Crippen LogP contribution in [0.1, 0.15) is 30.2 Å². The van der Waals surface area contributed by atoms with E-state index >= 15 is 0 Å². The normalized spacial score (nSPS) is 15.7. The number of rotatable bonds is 3. The van der Waals surface area contributed by atoms with Gasteiger partial charge in [-0.2, -0.15) is 0 Å². The maximum absolute atomic E-state index is 12.3. The summed E-state index contributed by atoms with van der Waals surface area (Å²) in [5.74, 6) is 1.24. The second kappa shape index (κ2) is 5.97. The Bertz CT molecular complexity index is 456. The summed E-state index contributed by atoms with van der Waals surface area (Å²) in [4.78, 5) is 22.6. The van der Waals surface area contributed by atoms with E-state index < -0.39 is 0 Å². The molecule has 1 aliphatic heterocycles. The highest BCUT2D eigenvalue weighted by atomic mass is 16.5. The molecular weight excluding hydrogens is 244 g/mol. The van der Waals surface area contributed by atoms with E-state index in [0.29, 0.717) is 43.6 Å². The number of nitrogens with zero attached hydrogens (tertiary/aromatic N) is 3. The minimum absolute atomic E-state index is 0.0550. The van der Waals surface area contributed by atoms with Crippen LogP contribution >= 0.6 is 0 Å². The number of morpholine rings is 1. The number of aryl methyl sites for hydroxylation is 1. The molecule has 1 aromatic heterocycles. The molecule has 0 unspecified atom stereocenters. The zero-order valence-corrected chi connectivity index (χ0v) is 11.6. The van der Waals surface area contributed by atoms with Crippen molar-refractivity contribution in [1.29, 1.82) is 0 Å². The first kappa shape index (κ1) is 13.7. The third-order valence-corrected chi connectivity index (χ3v) is 2.79. The van der Waals surface area contributed by atoms with Gasteiger partial charge in [0.15, 0.2) is 0 Å². The SMILES string of the molecule is Cc1nc(NC(C)C)cc(C(=O)N2CCOCC2)n1. The van der Waals surface area contributed by atoms with Gasteiger partial charge in [-0.05, 0) is 20.8 Å². The fraction of sp³-hybridized carbons (Fsp3) is 0.615. The van der Waals surface area contributed by atoms with Gasteiger partial charge in [0.2, 0.25) is 0 Å². The fourth-order valence-electron chi connectivity index (χ4n) is 1.98. The average molecular weight is 264 g/mol. The third-order valence-electron chi connectivity index (χ3n) is 2.79. The lowest BCUT2D eigenvalue weighted by Crippen LogP contribution is -2.41. The highest BCUT2D eigenvalue weighted by molar-refractivity contribution is 5.93.